The van der Waals surface area contributed by atoms with E-state index in [9.17, 15) is 13.2 Å². The molecule has 2 unspecified atom stereocenters. The molecular formula is C13H25F3N2O. The lowest BCUT2D eigenvalue weighted by Crippen LogP contribution is -2.52. The summed E-state index contributed by atoms with van der Waals surface area (Å²) < 4.78 is 42.3. The summed E-state index contributed by atoms with van der Waals surface area (Å²) in [4.78, 5) is 2.28. The molecule has 19 heavy (non-hydrogen) atoms. The van der Waals surface area contributed by atoms with Crippen LogP contribution in [0.1, 0.15) is 33.1 Å². The van der Waals surface area contributed by atoms with E-state index in [0.29, 0.717) is 13.0 Å². The second kappa shape index (κ2) is 8.07. The molecular weight excluding hydrogens is 257 g/mol. The van der Waals surface area contributed by atoms with Crippen molar-refractivity contribution in [3.8, 4) is 0 Å². The van der Waals surface area contributed by atoms with E-state index in [4.69, 9.17) is 4.74 Å². The van der Waals surface area contributed by atoms with E-state index in [1.54, 1.807) is 0 Å². The third kappa shape index (κ3) is 6.58. The van der Waals surface area contributed by atoms with Gasteiger partial charge in [-0.3, -0.25) is 4.90 Å². The SMILES string of the molecule is CCNC(CCCC(F)(F)F)C1CN(CC)CCO1. The third-order valence-corrected chi connectivity index (χ3v) is 3.52. The molecule has 0 radical (unpaired) electrons. The van der Waals surface area contributed by atoms with Gasteiger partial charge in [-0.1, -0.05) is 13.8 Å². The van der Waals surface area contributed by atoms with Crippen molar-refractivity contribution in [3.63, 3.8) is 0 Å². The highest BCUT2D eigenvalue weighted by atomic mass is 19.4. The van der Waals surface area contributed by atoms with Crippen LogP contribution in [-0.4, -0.2) is 56.0 Å². The van der Waals surface area contributed by atoms with Crippen LogP contribution in [0.25, 0.3) is 0 Å². The molecule has 0 aromatic rings. The van der Waals surface area contributed by atoms with Crippen molar-refractivity contribution >= 4 is 0 Å². The van der Waals surface area contributed by atoms with Crippen LogP contribution in [0.2, 0.25) is 0 Å². The maximum atomic E-state index is 12.2. The molecule has 0 aliphatic carbocycles. The minimum atomic E-state index is -4.06. The highest BCUT2D eigenvalue weighted by Gasteiger charge is 2.30. The molecule has 2 atom stereocenters. The van der Waals surface area contributed by atoms with Crippen LogP contribution in [0.3, 0.4) is 0 Å². The quantitative estimate of drug-likeness (QED) is 0.776. The molecule has 6 heteroatoms. The molecule has 1 N–H and O–H groups in total. The Bertz CT molecular complexity index is 249. The van der Waals surface area contributed by atoms with Crippen LogP contribution >= 0.6 is 0 Å². The van der Waals surface area contributed by atoms with Crippen LogP contribution in [0.5, 0.6) is 0 Å². The Morgan fingerprint density at radius 3 is 2.68 bits per heavy atom. The first-order valence-corrected chi connectivity index (χ1v) is 7.10. The highest BCUT2D eigenvalue weighted by Crippen LogP contribution is 2.23. The van der Waals surface area contributed by atoms with Crippen molar-refractivity contribution in [2.24, 2.45) is 0 Å². The van der Waals surface area contributed by atoms with Gasteiger partial charge in [0.2, 0.25) is 0 Å². The molecule has 1 saturated heterocycles. The number of hydrogen-bond acceptors (Lipinski definition) is 3. The van der Waals surface area contributed by atoms with Crippen molar-refractivity contribution < 1.29 is 17.9 Å². The van der Waals surface area contributed by atoms with E-state index in [-0.39, 0.29) is 18.6 Å². The molecule has 1 rings (SSSR count). The maximum absolute atomic E-state index is 12.2. The van der Waals surface area contributed by atoms with Crippen LogP contribution in [0.15, 0.2) is 0 Å². The largest absolute Gasteiger partial charge is 0.389 e. The van der Waals surface area contributed by atoms with Gasteiger partial charge in [-0.15, -0.1) is 0 Å². The highest BCUT2D eigenvalue weighted by molar-refractivity contribution is 4.82. The van der Waals surface area contributed by atoms with Gasteiger partial charge in [-0.25, -0.2) is 0 Å². The summed E-state index contributed by atoms with van der Waals surface area (Å²) in [6.07, 6.45) is -4.09. The molecule has 1 heterocycles. The van der Waals surface area contributed by atoms with Crippen LogP contribution in [-0.2, 0) is 4.74 Å². The van der Waals surface area contributed by atoms with Crippen molar-refractivity contribution in [1.82, 2.24) is 10.2 Å². The number of likely N-dealkylation sites (N-methyl/N-ethyl adjacent to an activating group) is 2. The van der Waals surface area contributed by atoms with E-state index >= 15 is 0 Å². The maximum Gasteiger partial charge on any atom is 0.389 e. The molecule has 1 aliphatic rings. The predicted octanol–water partition coefficient (Wildman–Crippen LogP) is 2.42. The Balaban J connectivity index is 2.42. The first-order valence-electron chi connectivity index (χ1n) is 7.10. The molecule has 3 nitrogen and oxygen atoms in total. The Morgan fingerprint density at radius 2 is 2.11 bits per heavy atom. The Kier molecular flexibility index (Phi) is 7.10. The van der Waals surface area contributed by atoms with Gasteiger partial charge in [0.1, 0.15) is 0 Å². The molecule has 1 aliphatic heterocycles. The lowest BCUT2D eigenvalue weighted by Gasteiger charge is -2.37. The molecule has 0 saturated carbocycles. The molecule has 0 bridgehead atoms. The summed E-state index contributed by atoms with van der Waals surface area (Å²) in [5.74, 6) is 0. The fourth-order valence-electron chi connectivity index (χ4n) is 2.47. The van der Waals surface area contributed by atoms with Gasteiger partial charge in [0.15, 0.2) is 0 Å². The fourth-order valence-corrected chi connectivity index (χ4v) is 2.47. The summed E-state index contributed by atoms with van der Waals surface area (Å²) in [5.41, 5.74) is 0. The number of morpholine rings is 1. The van der Waals surface area contributed by atoms with Crippen molar-refractivity contribution in [1.29, 1.82) is 0 Å². The lowest BCUT2D eigenvalue weighted by atomic mass is 10.0. The molecule has 0 spiro atoms. The lowest BCUT2D eigenvalue weighted by molar-refractivity contribution is -0.136. The minimum Gasteiger partial charge on any atom is -0.374 e. The average molecular weight is 282 g/mol. The van der Waals surface area contributed by atoms with Crippen LogP contribution in [0.4, 0.5) is 13.2 Å². The molecule has 0 amide bonds. The van der Waals surface area contributed by atoms with Crippen molar-refractivity contribution in [2.75, 3.05) is 32.8 Å². The Hall–Kier alpha value is -0.330. The van der Waals surface area contributed by atoms with E-state index in [2.05, 4.69) is 17.1 Å². The number of alkyl halides is 3. The van der Waals surface area contributed by atoms with Crippen molar-refractivity contribution in [3.05, 3.63) is 0 Å². The second-order valence-corrected chi connectivity index (χ2v) is 4.97. The second-order valence-electron chi connectivity index (χ2n) is 4.97. The number of nitrogens with one attached hydrogen (secondary N) is 1. The van der Waals surface area contributed by atoms with Gasteiger partial charge in [-0.2, -0.15) is 13.2 Å². The smallest absolute Gasteiger partial charge is 0.374 e. The summed E-state index contributed by atoms with van der Waals surface area (Å²) in [7, 11) is 0. The average Bonchev–Trinajstić information content (AvgIpc) is 2.36. The summed E-state index contributed by atoms with van der Waals surface area (Å²) in [6.45, 7) is 8.16. The number of rotatable bonds is 7. The number of ether oxygens (including phenoxy) is 1. The summed E-state index contributed by atoms with van der Waals surface area (Å²) >= 11 is 0. The fraction of sp³-hybridized carbons (Fsp3) is 1.00. The van der Waals surface area contributed by atoms with Crippen molar-refractivity contribution in [2.45, 2.75) is 51.4 Å². The van der Waals surface area contributed by atoms with E-state index in [0.717, 1.165) is 26.2 Å². The first kappa shape index (κ1) is 16.7. The number of hydrogen-bond donors (Lipinski definition) is 1. The standard InChI is InChI=1S/C13H25F3N2O/c1-3-17-11(6-5-7-13(14,15)16)12-10-18(4-2)8-9-19-12/h11-12,17H,3-10H2,1-2H3. The Labute approximate surface area is 113 Å². The predicted molar refractivity (Wildman–Crippen MR) is 69.2 cm³/mol. The first-order chi connectivity index (χ1) is 8.96. The number of halogens is 3. The summed E-state index contributed by atoms with van der Waals surface area (Å²) in [5, 5.41) is 3.26. The minimum absolute atomic E-state index is 0.00174. The molecule has 0 aromatic carbocycles. The van der Waals surface area contributed by atoms with Gasteiger partial charge in [-0.05, 0) is 25.9 Å². The van der Waals surface area contributed by atoms with Gasteiger partial charge >= 0.3 is 6.18 Å². The van der Waals surface area contributed by atoms with E-state index < -0.39 is 12.6 Å². The van der Waals surface area contributed by atoms with E-state index in [1.165, 1.54) is 0 Å². The number of nitrogens with zero attached hydrogens (tertiary/aromatic N) is 1. The van der Waals surface area contributed by atoms with Gasteiger partial charge in [0, 0.05) is 25.6 Å². The molecule has 114 valence electrons. The monoisotopic (exact) mass is 282 g/mol. The molecule has 0 aromatic heterocycles. The molecule has 1 fully saturated rings. The van der Waals surface area contributed by atoms with Gasteiger partial charge in [0.25, 0.3) is 0 Å². The van der Waals surface area contributed by atoms with Crippen LogP contribution < -0.4 is 5.32 Å². The topological polar surface area (TPSA) is 24.5 Å². The summed E-state index contributed by atoms with van der Waals surface area (Å²) in [6, 6.07) is 0.0155. The zero-order chi connectivity index (χ0) is 14.3. The normalized spacial score (nSPS) is 23.5. The van der Waals surface area contributed by atoms with Gasteiger partial charge < -0.3 is 10.1 Å². The zero-order valence-corrected chi connectivity index (χ0v) is 11.8. The van der Waals surface area contributed by atoms with Crippen LogP contribution in [0, 0.1) is 0 Å². The zero-order valence-electron chi connectivity index (χ0n) is 11.8. The van der Waals surface area contributed by atoms with Gasteiger partial charge in [0.05, 0.1) is 12.7 Å². The third-order valence-electron chi connectivity index (χ3n) is 3.52. The van der Waals surface area contributed by atoms with E-state index in [1.807, 2.05) is 6.92 Å². The Morgan fingerprint density at radius 1 is 1.37 bits per heavy atom.